The second-order valence-corrected chi connectivity index (χ2v) is 9.64. The summed E-state index contributed by atoms with van der Waals surface area (Å²) in [7, 11) is 4.74. The average Bonchev–Trinajstić information content (AvgIpc) is 3.50. The summed E-state index contributed by atoms with van der Waals surface area (Å²) in [6.45, 7) is 4.64. The number of aromatic nitrogens is 2. The van der Waals surface area contributed by atoms with Crippen LogP contribution < -0.4 is 19.1 Å². The van der Waals surface area contributed by atoms with E-state index in [1.165, 1.54) is 0 Å². The van der Waals surface area contributed by atoms with E-state index in [9.17, 15) is 9.59 Å². The van der Waals surface area contributed by atoms with Gasteiger partial charge in [-0.15, -0.1) is 0 Å². The maximum absolute atomic E-state index is 13.2. The van der Waals surface area contributed by atoms with E-state index in [0.29, 0.717) is 43.2 Å². The van der Waals surface area contributed by atoms with Crippen molar-refractivity contribution in [3.63, 3.8) is 0 Å². The summed E-state index contributed by atoms with van der Waals surface area (Å²) in [6, 6.07) is 22.6. The van der Waals surface area contributed by atoms with Crippen LogP contribution >= 0.6 is 0 Å². The van der Waals surface area contributed by atoms with E-state index < -0.39 is 5.97 Å². The number of benzene rings is 3. The molecule has 2 heterocycles. The topological polar surface area (TPSA) is 95.4 Å². The van der Waals surface area contributed by atoms with Crippen LogP contribution in [0.4, 0.5) is 5.69 Å². The van der Waals surface area contributed by atoms with Crippen molar-refractivity contribution < 1.29 is 28.5 Å². The molecular formula is C32H34N4O6. The number of nitrogens with zero attached hydrogens (tertiary/aromatic N) is 4. The first-order valence-corrected chi connectivity index (χ1v) is 13.7. The second kappa shape index (κ2) is 12.7. The fourth-order valence-corrected chi connectivity index (χ4v) is 4.97. The molecule has 0 aliphatic carbocycles. The molecule has 1 aliphatic rings. The monoisotopic (exact) mass is 570 g/mol. The van der Waals surface area contributed by atoms with Crippen LogP contribution in [-0.4, -0.2) is 80.7 Å². The lowest BCUT2D eigenvalue weighted by atomic mass is 10.1. The molecule has 0 N–H and O–H groups in total. The summed E-state index contributed by atoms with van der Waals surface area (Å²) in [6.07, 6.45) is 0. The van der Waals surface area contributed by atoms with E-state index in [0.717, 1.165) is 28.4 Å². The van der Waals surface area contributed by atoms with Crippen molar-refractivity contribution in [2.75, 3.05) is 59.0 Å². The van der Waals surface area contributed by atoms with Crippen molar-refractivity contribution in [1.82, 2.24) is 14.7 Å². The number of esters is 1. The molecule has 1 fully saturated rings. The van der Waals surface area contributed by atoms with Crippen molar-refractivity contribution in [3.8, 4) is 34.2 Å². The standard InChI is InChI=1S/C32H34N4O6/c1-5-42-32(38)27-21-28(36(33-27)25-11-13-26(39-2)14-12-25)22-6-9-24(10-7-22)34-16-18-35(19-17-34)31(37)23-8-15-29(40-3)30(20-23)41-4/h6-15,20-21H,5,16-19H2,1-4H3. The smallest absolute Gasteiger partial charge is 0.358 e. The minimum Gasteiger partial charge on any atom is -0.497 e. The molecular weight excluding hydrogens is 536 g/mol. The van der Waals surface area contributed by atoms with Crippen LogP contribution in [0.15, 0.2) is 72.8 Å². The Hall–Kier alpha value is -4.99. The zero-order chi connectivity index (χ0) is 29.6. The van der Waals surface area contributed by atoms with E-state index in [1.54, 1.807) is 57.2 Å². The van der Waals surface area contributed by atoms with Crippen LogP contribution in [-0.2, 0) is 4.74 Å². The minimum atomic E-state index is -0.469. The molecule has 0 unspecified atom stereocenters. The predicted molar refractivity (Wildman–Crippen MR) is 159 cm³/mol. The van der Waals surface area contributed by atoms with Crippen molar-refractivity contribution in [1.29, 1.82) is 0 Å². The molecule has 0 saturated carbocycles. The van der Waals surface area contributed by atoms with E-state index in [-0.39, 0.29) is 18.2 Å². The molecule has 1 aromatic heterocycles. The van der Waals surface area contributed by atoms with Crippen molar-refractivity contribution in [2.45, 2.75) is 6.92 Å². The van der Waals surface area contributed by atoms with Crippen molar-refractivity contribution in [3.05, 3.63) is 84.1 Å². The van der Waals surface area contributed by atoms with Crippen LogP contribution in [0.3, 0.4) is 0 Å². The van der Waals surface area contributed by atoms with Gasteiger partial charge in [0.1, 0.15) is 5.75 Å². The Labute approximate surface area is 245 Å². The SMILES string of the molecule is CCOC(=O)c1cc(-c2ccc(N3CCN(C(=O)c4ccc(OC)c(OC)c4)CC3)cc2)n(-c2ccc(OC)cc2)n1. The van der Waals surface area contributed by atoms with E-state index >= 15 is 0 Å². The molecule has 1 saturated heterocycles. The van der Waals surface area contributed by atoms with Crippen LogP contribution in [0.2, 0.25) is 0 Å². The number of ether oxygens (including phenoxy) is 4. The molecule has 10 nitrogen and oxygen atoms in total. The van der Waals surface area contributed by atoms with Gasteiger partial charge < -0.3 is 28.7 Å². The first-order chi connectivity index (χ1) is 20.4. The number of rotatable bonds is 9. The maximum Gasteiger partial charge on any atom is 0.358 e. The number of carbonyl (C=O) groups is 2. The highest BCUT2D eigenvalue weighted by Crippen LogP contribution is 2.30. The first-order valence-electron chi connectivity index (χ1n) is 13.7. The third-order valence-electron chi connectivity index (χ3n) is 7.24. The highest BCUT2D eigenvalue weighted by Gasteiger charge is 2.24. The molecule has 5 rings (SSSR count). The molecule has 0 spiro atoms. The second-order valence-electron chi connectivity index (χ2n) is 9.64. The third-order valence-corrected chi connectivity index (χ3v) is 7.24. The predicted octanol–water partition coefficient (Wildman–Crippen LogP) is 4.70. The fourth-order valence-electron chi connectivity index (χ4n) is 4.97. The zero-order valence-electron chi connectivity index (χ0n) is 24.2. The molecule has 4 aromatic rings. The van der Waals surface area contributed by atoms with Crippen molar-refractivity contribution >= 4 is 17.6 Å². The molecule has 218 valence electrons. The van der Waals surface area contributed by atoms with E-state index in [4.69, 9.17) is 18.9 Å². The number of hydrogen-bond acceptors (Lipinski definition) is 8. The van der Waals surface area contributed by atoms with Crippen LogP contribution in [0.5, 0.6) is 17.2 Å². The van der Waals surface area contributed by atoms with Gasteiger partial charge in [-0.25, -0.2) is 9.48 Å². The van der Waals surface area contributed by atoms with Gasteiger partial charge in [0.25, 0.3) is 5.91 Å². The Morgan fingerprint density at radius 3 is 2.05 bits per heavy atom. The quantitative estimate of drug-likeness (QED) is 0.267. The van der Waals surface area contributed by atoms with Gasteiger partial charge in [-0.2, -0.15) is 5.10 Å². The Morgan fingerprint density at radius 2 is 1.43 bits per heavy atom. The molecule has 42 heavy (non-hydrogen) atoms. The number of amides is 1. The molecule has 0 bridgehead atoms. The minimum absolute atomic E-state index is 0.0323. The summed E-state index contributed by atoms with van der Waals surface area (Å²) < 4.78 is 22.9. The van der Waals surface area contributed by atoms with E-state index in [1.807, 2.05) is 41.3 Å². The van der Waals surface area contributed by atoms with Crippen LogP contribution in [0.25, 0.3) is 16.9 Å². The largest absolute Gasteiger partial charge is 0.497 e. The Kier molecular flexibility index (Phi) is 8.61. The van der Waals surface area contributed by atoms with Gasteiger partial charge in [0.05, 0.1) is 39.3 Å². The van der Waals surface area contributed by atoms with Gasteiger partial charge in [0, 0.05) is 43.0 Å². The Balaban J connectivity index is 1.31. The first kappa shape index (κ1) is 28.5. The maximum atomic E-state index is 13.2. The molecule has 1 aliphatic heterocycles. The summed E-state index contributed by atoms with van der Waals surface area (Å²) >= 11 is 0. The number of methoxy groups -OCH3 is 3. The van der Waals surface area contributed by atoms with Crippen LogP contribution in [0.1, 0.15) is 27.8 Å². The summed E-state index contributed by atoms with van der Waals surface area (Å²) in [5.41, 5.74) is 4.32. The van der Waals surface area contributed by atoms with Gasteiger partial charge in [-0.05, 0) is 67.6 Å². The number of anilines is 1. The molecule has 0 atom stereocenters. The summed E-state index contributed by atoms with van der Waals surface area (Å²) in [4.78, 5) is 29.8. The molecule has 0 radical (unpaired) electrons. The lowest BCUT2D eigenvalue weighted by molar-refractivity contribution is 0.0518. The van der Waals surface area contributed by atoms with Gasteiger partial charge in [0.2, 0.25) is 0 Å². The van der Waals surface area contributed by atoms with Gasteiger partial charge >= 0.3 is 5.97 Å². The van der Waals surface area contributed by atoms with Gasteiger partial charge in [0.15, 0.2) is 17.2 Å². The zero-order valence-corrected chi connectivity index (χ0v) is 24.2. The fraction of sp³-hybridized carbons (Fsp3) is 0.281. The lowest BCUT2D eigenvalue weighted by Crippen LogP contribution is -2.48. The Bertz CT molecular complexity index is 1540. The van der Waals surface area contributed by atoms with Crippen molar-refractivity contribution in [2.24, 2.45) is 0 Å². The number of hydrogen-bond donors (Lipinski definition) is 0. The number of piperazine rings is 1. The summed E-state index contributed by atoms with van der Waals surface area (Å²) in [5.74, 6) is 1.35. The third kappa shape index (κ3) is 5.88. The average molecular weight is 571 g/mol. The Morgan fingerprint density at radius 1 is 0.762 bits per heavy atom. The summed E-state index contributed by atoms with van der Waals surface area (Å²) in [5, 5.41) is 4.55. The number of carbonyl (C=O) groups excluding carboxylic acids is 2. The van der Waals surface area contributed by atoms with Gasteiger partial charge in [-0.1, -0.05) is 12.1 Å². The normalized spacial score (nSPS) is 13.0. The van der Waals surface area contributed by atoms with E-state index in [2.05, 4.69) is 22.1 Å². The lowest BCUT2D eigenvalue weighted by Gasteiger charge is -2.36. The molecule has 10 heteroatoms. The highest BCUT2D eigenvalue weighted by atomic mass is 16.5. The molecule has 3 aromatic carbocycles. The van der Waals surface area contributed by atoms with Crippen LogP contribution in [0, 0.1) is 0 Å². The van der Waals surface area contributed by atoms with Gasteiger partial charge in [-0.3, -0.25) is 4.79 Å². The highest BCUT2D eigenvalue weighted by molar-refractivity contribution is 5.95. The molecule has 1 amide bonds.